The molecule has 0 saturated heterocycles. The number of halogens is 3. The standard InChI is InChI=1S/C11H12F3N3O3/c12-11(13,14)4-2-6-16-10(20)17-7-3-1-5-15-8(7)9(18)19/h1,3,5H,2,4,6H2,(H,18,19)(H2,16,17,20). The van der Waals surface area contributed by atoms with Crippen molar-refractivity contribution in [1.82, 2.24) is 10.3 Å². The molecule has 0 aliphatic carbocycles. The van der Waals surface area contributed by atoms with E-state index in [9.17, 15) is 22.8 Å². The fourth-order valence-electron chi connectivity index (χ4n) is 1.33. The summed E-state index contributed by atoms with van der Waals surface area (Å²) < 4.78 is 35.6. The maximum atomic E-state index is 11.9. The third kappa shape index (κ3) is 5.55. The van der Waals surface area contributed by atoms with Crippen molar-refractivity contribution in [3.63, 3.8) is 0 Å². The summed E-state index contributed by atoms with van der Waals surface area (Å²) in [5.74, 6) is -1.32. The molecular formula is C11H12F3N3O3. The summed E-state index contributed by atoms with van der Waals surface area (Å²) in [4.78, 5) is 25.8. The van der Waals surface area contributed by atoms with Crippen molar-refractivity contribution in [2.75, 3.05) is 11.9 Å². The minimum absolute atomic E-state index is 0.0340. The molecule has 0 unspecified atom stereocenters. The van der Waals surface area contributed by atoms with Crippen LogP contribution in [0.15, 0.2) is 18.3 Å². The number of carboxylic acids is 1. The maximum absolute atomic E-state index is 11.9. The first-order chi connectivity index (χ1) is 9.29. The van der Waals surface area contributed by atoms with Gasteiger partial charge in [0.15, 0.2) is 5.69 Å². The normalized spacial score (nSPS) is 10.9. The molecular weight excluding hydrogens is 279 g/mol. The molecule has 1 aromatic rings. The number of pyridine rings is 1. The van der Waals surface area contributed by atoms with Gasteiger partial charge in [0, 0.05) is 19.2 Å². The molecule has 2 amide bonds. The number of amides is 2. The summed E-state index contributed by atoms with van der Waals surface area (Å²) in [6.07, 6.45) is -4.27. The van der Waals surface area contributed by atoms with Crippen LogP contribution in [0.3, 0.4) is 0 Å². The number of rotatable bonds is 5. The average molecular weight is 291 g/mol. The number of nitrogens with one attached hydrogen (secondary N) is 2. The Bertz CT molecular complexity index is 491. The molecule has 0 radical (unpaired) electrons. The molecule has 0 aromatic carbocycles. The van der Waals surface area contributed by atoms with Gasteiger partial charge in [0.2, 0.25) is 0 Å². The van der Waals surface area contributed by atoms with E-state index in [1.54, 1.807) is 0 Å². The number of carbonyl (C=O) groups is 2. The number of carboxylic acid groups (broad SMARTS) is 1. The third-order valence-electron chi connectivity index (χ3n) is 2.18. The van der Waals surface area contributed by atoms with Gasteiger partial charge in [-0.25, -0.2) is 14.6 Å². The molecule has 3 N–H and O–H groups in total. The minimum atomic E-state index is -4.27. The van der Waals surface area contributed by atoms with Crippen molar-refractivity contribution in [3.05, 3.63) is 24.0 Å². The summed E-state index contributed by atoms with van der Waals surface area (Å²) >= 11 is 0. The zero-order chi connectivity index (χ0) is 15.2. The molecule has 0 aliphatic rings. The number of alkyl halides is 3. The molecule has 6 nitrogen and oxygen atoms in total. The summed E-state index contributed by atoms with van der Waals surface area (Å²) in [6, 6.07) is 1.96. The van der Waals surface area contributed by atoms with Crippen LogP contribution in [0.1, 0.15) is 23.3 Å². The predicted octanol–water partition coefficient (Wildman–Crippen LogP) is 2.24. The van der Waals surface area contributed by atoms with Crippen LogP contribution in [0.2, 0.25) is 0 Å². The van der Waals surface area contributed by atoms with Gasteiger partial charge in [-0.1, -0.05) is 0 Å². The molecule has 9 heteroatoms. The lowest BCUT2D eigenvalue weighted by Gasteiger charge is -2.10. The lowest BCUT2D eigenvalue weighted by Crippen LogP contribution is -2.30. The molecule has 0 atom stereocenters. The highest BCUT2D eigenvalue weighted by molar-refractivity contribution is 5.98. The number of hydrogen-bond donors (Lipinski definition) is 3. The Morgan fingerprint density at radius 3 is 2.65 bits per heavy atom. The van der Waals surface area contributed by atoms with Gasteiger partial charge in [0.05, 0.1) is 5.69 Å². The number of aromatic nitrogens is 1. The number of hydrogen-bond acceptors (Lipinski definition) is 3. The Balaban J connectivity index is 2.45. The molecule has 1 rings (SSSR count). The Morgan fingerprint density at radius 2 is 2.05 bits per heavy atom. The van der Waals surface area contributed by atoms with Crippen LogP contribution in [-0.2, 0) is 0 Å². The first kappa shape index (κ1) is 15.7. The molecule has 0 fully saturated rings. The fourth-order valence-corrected chi connectivity index (χ4v) is 1.33. The van der Waals surface area contributed by atoms with Crippen LogP contribution in [0.25, 0.3) is 0 Å². The number of nitrogens with zero attached hydrogens (tertiary/aromatic N) is 1. The number of anilines is 1. The SMILES string of the molecule is O=C(NCCCC(F)(F)F)Nc1cccnc1C(=O)O. The van der Waals surface area contributed by atoms with Gasteiger partial charge >= 0.3 is 18.2 Å². The van der Waals surface area contributed by atoms with Gasteiger partial charge in [-0.15, -0.1) is 0 Å². The second-order valence-electron chi connectivity index (χ2n) is 3.80. The van der Waals surface area contributed by atoms with Crippen molar-refractivity contribution in [2.24, 2.45) is 0 Å². The van der Waals surface area contributed by atoms with E-state index in [0.717, 1.165) is 0 Å². The smallest absolute Gasteiger partial charge is 0.389 e. The van der Waals surface area contributed by atoms with Crippen LogP contribution in [-0.4, -0.2) is 34.8 Å². The van der Waals surface area contributed by atoms with Crippen molar-refractivity contribution < 1.29 is 27.9 Å². The van der Waals surface area contributed by atoms with Gasteiger partial charge in [-0.05, 0) is 18.6 Å². The van der Waals surface area contributed by atoms with E-state index in [1.165, 1.54) is 18.3 Å². The van der Waals surface area contributed by atoms with Crippen LogP contribution < -0.4 is 10.6 Å². The predicted molar refractivity (Wildman–Crippen MR) is 63.5 cm³/mol. The first-order valence-corrected chi connectivity index (χ1v) is 5.59. The molecule has 0 aliphatic heterocycles. The number of carbonyl (C=O) groups excluding carboxylic acids is 1. The average Bonchev–Trinajstić information content (AvgIpc) is 2.34. The van der Waals surface area contributed by atoms with E-state index < -0.39 is 24.6 Å². The van der Waals surface area contributed by atoms with Crippen LogP contribution in [0.5, 0.6) is 0 Å². The Hall–Kier alpha value is -2.32. The second-order valence-corrected chi connectivity index (χ2v) is 3.80. The summed E-state index contributed by atoms with van der Waals surface area (Å²) in [5, 5.41) is 13.2. The molecule has 0 saturated carbocycles. The van der Waals surface area contributed by atoms with Gasteiger partial charge in [0.25, 0.3) is 0 Å². The van der Waals surface area contributed by atoms with E-state index in [2.05, 4.69) is 15.6 Å². The quantitative estimate of drug-likeness (QED) is 0.725. The highest BCUT2D eigenvalue weighted by Gasteiger charge is 2.26. The Morgan fingerprint density at radius 1 is 1.35 bits per heavy atom. The first-order valence-electron chi connectivity index (χ1n) is 5.59. The van der Waals surface area contributed by atoms with Crippen LogP contribution in [0.4, 0.5) is 23.7 Å². The van der Waals surface area contributed by atoms with Crippen LogP contribution >= 0.6 is 0 Å². The highest BCUT2D eigenvalue weighted by atomic mass is 19.4. The number of aromatic carboxylic acids is 1. The zero-order valence-electron chi connectivity index (χ0n) is 10.2. The van der Waals surface area contributed by atoms with Crippen LogP contribution in [0, 0.1) is 0 Å². The Kier molecular flexibility index (Phi) is 5.30. The van der Waals surface area contributed by atoms with Crippen molar-refractivity contribution in [1.29, 1.82) is 0 Å². The van der Waals surface area contributed by atoms with Gasteiger partial charge < -0.3 is 15.7 Å². The molecule has 20 heavy (non-hydrogen) atoms. The van der Waals surface area contributed by atoms with Gasteiger partial charge in [-0.2, -0.15) is 13.2 Å². The summed E-state index contributed by atoms with van der Waals surface area (Å²) in [6.45, 7) is -0.173. The highest BCUT2D eigenvalue weighted by Crippen LogP contribution is 2.20. The minimum Gasteiger partial charge on any atom is -0.476 e. The van der Waals surface area contributed by atoms with Gasteiger partial charge in [0.1, 0.15) is 0 Å². The third-order valence-corrected chi connectivity index (χ3v) is 2.18. The maximum Gasteiger partial charge on any atom is 0.389 e. The van der Waals surface area contributed by atoms with E-state index in [4.69, 9.17) is 5.11 Å². The monoisotopic (exact) mass is 291 g/mol. The zero-order valence-corrected chi connectivity index (χ0v) is 10.2. The summed E-state index contributed by atoms with van der Waals surface area (Å²) in [5.41, 5.74) is -0.383. The molecule has 0 spiro atoms. The lowest BCUT2D eigenvalue weighted by atomic mass is 10.3. The molecule has 110 valence electrons. The molecule has 1 heterocycles. The topological polar surface area (TPSA) is 91.3 Å². The van der Waals surface area contributed by atoms with E-state index in [0.29, 0.717) is 0 Å². The largest absolute Gasteiger partial charge is 0.476 e. The number of urea groups is 1. The fraction of sp³-hybridized carbons (Fsp3) is 0.364. The Labute approximate surface area is 112 Å². The van der Waals surface area contributed by atoms with Crippen molar-refractivity contribution in [3.8, 4) is 0 Å². The van der Waals surface area contributed by atoms with Gasteiger partial charge in [-0.3, -0.25) is 0 Å². The van der Waals surface area contributed by atoms with E-state index in [-0.39, 0.29) is 24.3 Å². The summed E-state index contributed by atoms with van der Waals surface area (Å²) in [7, 11) is 0. The van der Waals surface area contributed by atoms with Crippen molar-refractivity contribution >= 4 is 17.7 Å². The van der Waals surface area contributed by atoms with Crippen molar-refractivity contribution in [2.45, 2.75) is 19.0 Å². The van der Waals surface area contributed by atoms with E-state index >= 15 is 0 Å². The molecule has 1 aromatic heterocycles. The molecule has 0 bridgehead atoms. The second kappa shape index (κ2) is 6.73. The lowest BCUT2D eigenvalue weighted by molar-refractivity contribution is -0.135. The van der Waals surface area contributed by atoms with E-state index in [1.807, 2.05) is 0 Å².